The standard InChI is InChI=1S/C10H8N4O/c11-4-6-3-8(12-5-6)10-13-9(14-15-10)7-1-2-7/h3,5,7,12H,1-2H2. The topological polar surface area (TPSA) is 78.5 Å². The number of aromatic amines is 1. The minimum atomic E-state index is 0.457. The second-order valence-corrected chi connectivity index (χ2v) is 3.65. The molecule has 0 unspecified atom stereocenters. The van der Waals surface area contributed by atoms with Crippen LogP contribution >= 0.6 is 0 Å². The smallest absolute Gasteiger partial charge is 0.274 e. The van der Waals surface area contributed by atoms with Crippen molar-refractivity contribution in [1.29, 1.82) is 5.26 Å². The lowest BCUT2D eigenvalue weighted by molar-refractivity contribution is 0.421. The van der Waals surface area contributed by atoms with Gasteiger partial charge in [-0.05, 0) is 18.9 Å². The molecule has 0 saturated heterocycles. The lowest BCUT2D eigenvalue weighted by Crippen LogP contribution is -1.81. The summed E-state index contributed by atoms with van der Waals surface area (Å²) in [5.74, 6) is 1.71. The fourth-order valence-corrected chi connectivity index (χ4v) is 1.43. The molecule has 0 atom stereocenters. The Kier molecular flexibility index (Phi) is 1.62. The van der Waals surface area contributed by atoms with Crippen molar-refractivity contribution in [1.82, 2.24) is 15.1 Å². The molecule has 1 aliphatic rings. The normalized spacial score (nSPS) is 15.1. The van der Waals surface area contributed by atoms with E-state index in [2.05, 4.69) is 15.1 Å². The Morgan fingerprint density at radius 3 is 3.07 bits per heavy atom. The van der Waals surface area contributed by atoms with Crippen molar-refractivity contribution in [3.05, 3.63) is 23.7 Å². The monoisotopic (exact) mass is 200 g/mol. The molecule has 0 radical (unpaired) electrons. The van der Waals surface area contributed by atoms with Gasteiger partial charge in [0.05, 0.1) is 5.56 Å². The van der Waals surface area contributed by atoms with Crippen LogP contribution in [0.25, 0.3) is 11.6 Å². The third-order valence-electron chi connectivity index (χ3n) is 2.43. The van der Waals surface area contributed by atoms with Gasteiger partial charge in [0.25, 0.3) is 5.89 Å². The van der Waals surface area contributed by atoms with Gasteiger partial charge in [0.2, 0.25) is 0 Å². The van der Waals surface area contributed by atoms with Gasteiger partial charge in [-0.2, -0.15) is 10.2 Å². The SMILES string of the molecule is N#Cc1c[nH]c(-c2nc(C3CC3)no2)c1. The Hall–Kier alpha value is -2.09. The minimum absolute atomic E-state index is 0.457. The molecule has 1 aliphatic carbocycles. The number of aromatic nitrogens is 3. The molecular weight excluding hydrogens is 192 g/mol. The molecule has 1 saturated carbocycles. The summed E-state index contributed by atoms with van der Waals surface area (Å²) < 4.78 is 5.11. The zero-order chi connectivity index (χ0) is 10.3. The summed E-state index contributed by atoms with van der Waals surface area (Å²) in [5, 5.41) is 12.6. The summed E-state index contributed by atoms with van der Waals surface area (Å²) in [6, 6.07) is 3.74. The van der Waals surface area contributed by atoms with E-state index in [4.69, 9.17) is 9.78 Å². The van der Waals surface area contributed by atoms with Crippen molar-refractivity contribution < 1.29 is 4.52 Å². The molecule has 74 valence electrons. The number of hydrogen-bond acceptors (Lipinski definition) is 4. The maximum atomic E-state index is 8.66. The van der Waals surface area contributed by atoms with Crippen LogP contribution in [0.1, 0.15) is 30.1 Å². The van der Waals surface area contributed by atoms with E-state index in [-0.39, 0.29) is 0 Å². The molecule has 0 amide bonds. The van der Waals surface area contributed by atoms with Crippen LogP contribution in [0.3, 0.4) is 0 Å². The predicted molar refractivity (Wildman–Crippen MR) is 50.8 cm³/mol. The fraction of sp³-hybridized carbons (Fsp3) is 0.300. The summed E-state index contributed by atoms with van der Waals surface area (Å²) >= 11 is 0. The highest BCUT2D eigenvalue weighted by Gasteiger charge is 2.29. The second kappa shape index (κ2) is 2.95. The summed E-state index contributed by atoms with van der Waals surface area (Å²) in [6.07, 6.45) is 3.91. The van der Waals surface area contributed by atoms with Crippen LogP contribution in [-0.4, -0.2) is 15.1 Å². The highest BCUT2D eigenvalue weighted by molar-refractivity contribution is 5.51. The molecule has 5 heteroatoms. The molecule has 2 aromatic heterocycles. The molecule has 0 bridgehead atoms. The first-order valence-electron chi connectivity index (χ1n) is 4.79. The number of rotatable bonds is 2. The molecule has 0 aliphatic heterocycles. The third-order valence-corrected chi connectivity index (χ3v) is 2.43. The van der Waals surface area contributed by atoms with Gasteiger partial charge >= 0.3 is 0 Å². The average molecular weight is 200 g/mol. The van der Waals surface area contributed by atoms with Crippen LogP contribution in [0.2, 0.25) is 0 Å². The van der Waals surface area contributed by atoms with Gasteiger partial charge in [0.15, 0.2) is 5.82 Å². The van der Waals surface area contributed by atoms with Crippen molar-refractivity contribution in [3.63, 3.8) is 0 Å². The molecule has 1 N–H and O–H groups in total. The molecule has 0 aromatic carbocycles. The summed E-state index contributed by atoms with van der Waals surface area (Å²) in [7, 11) is 0. The number of nitrogens with one attached hydrogen (secondary N) is 1. The Bertz CT molecular complexity index is 530. The van der Waals surface area contributed by atoms with E-state index in [1.807, 2.05) is 6.07 Å². The minimum Gasteiger partial charge on any atom is -0.356 e. The van der Waals surface area contributed by atoms with Gasteiger partial charge in [0.1, 0.15) is 11.8 Å². The van der Waals surface area contributed by atoms with E-state index in [0.717, 1.165) is 18.7 Å². The van der Waals surface area contributed by atoms with Gasteiger partial charge in [-0.1, -0.05) is 5.16 Å². The number of nitriles is 1. The van der Waals surface area contributed by atoms with E-state index < -0.39 is 0 Å². The van der Waals surface area contributed by atoms with Crippen LogP contribution in [0.15, 0.2) is 16.8 Å². The molecule has 2 aromatic rings. The van der Waals surface area contributed by atoms with Crippen molar-refractivity contribution in [2.75, 3.05) is 0 Å². The Balaban J connectivity index is 1.94. The summed E-state index contributed by atoms with van der Waals surface area (Å²) in [5.41, 5.74) is 1.27. The number of hydrogen-bond donors (Lipinski definition) is 1. The van der Waals surface area contributed by atoms with Crippen molar-refractivity contribution in [2.24, 2.45) is 0 Å². The zero-order valence-electron chi connectivity index (χ0n) is 7.90. The predicted octanol–water partition coefficient (Wildman–Crippen LogP) is 1.81. The molecule has 5 nitrogen and oxygen atoms in total. The average Bonchev–Trinajstić information content (AvgIpc) is 2.84. The molecule has 0 spiro atoms. The first kappa shape index (κ1) is 8.24. The lowest BCUT2D eigenvalue weighted by atomic mass is 10.3. The third kappa shape index (κ3) is 1.40. The van der Waals surface area contributed by atoms with Crippen LogP contribution in [0.5, 0.6) is 0 Å². The summed E-state index contributed by atoms with van der Waals surface area (Å²) in [6.45, 7) is 0. The van der Waals surface area contributed by atoms with E-state index in [1.165, 1.54) is 0 Å². The Morgan fingerprint density at radius 2 is 2.40 bits per heavy atom. The highest BCUT2D eigenvalue weighted by Crippen LogP contribution is 2.38. The molecule has 3 rings (SSSR count). The highest BCUT2D eigenvalue weighted by atomic mass is 16.5. The fourth-order valence-electron chi connectivity index (χ4n) is 1.43. The van der Waals surface area contributed by atoms with E-state index in [1.54, 1.807) is 12.3 Å². The van der Waals surface area contributed by atoms with Crippen LogP contribution < -0.4 is 0 Å². The molecule has 2 heterocycles. The van der Waals surface area contributed by atoms with Gasteiger partial charge in [-0.3, -0.25) is 0 Å². The number of H-pyrrole nitrogens is 1. The first-order chi connectivity index (χ1) is 7.36. The first-order valence-corrected chi connectivity index (χ1v) is 4.79. The van der Waals surface area contributed by atoms with Gasteiger partial charge in [-0.25, -0.2) is 0 Å². The van der Waals surface area contributed by atoms with E-state index in [9.17, 15) is 0 Å². The van der Waals surface area contributed by atoms with Crippen LogP contribution in [-0.2, 0) is 0 Å². The molecule has 1 fully saturated rings. The van der Waals surface area contributed by atoms with Gasteiger partial charge < -0.3 is 9.51 Å². The van der Waals surface area contributed by atoms with Crippen molar-refractivity contribution in [3.8, 4) is 17.7 Å². The Morgan fingerprint density at radius 1 is 1.53 bits per heavy atom. The quantitative estimate of drug-likeness (QED) is 0.801. The zero-order valence-corrected chi connectivity index (χ0v) is 7.90. The van der Waals surface area contributed by atoms with Crippen LogP contribution in [0.4, 0.5) is 0 Å². The molecular formula is C10H8N4O. The van der Waals surface area contributed by atoms with Gasteiger partial charge in [-0.15, -0.1) is 0 Å². The Labute approximate surface area is 85.7 Å². The molecule has 15 heavy (non-hydrogen) atoms. The largest absolute Gasteiger partial charge is 0.356 e. The second-order valence-electron chi connectivity index (χ2n) is 3.65. The summed E-state index contributed by atoms with van der Waals surface area (Å²) in [4.78, 5) is 7.20. The number of nitrogens with zero attached hydrogens (tertiary/aromatic N) is 3. The van der Waals surface area contributed by atoms with E-state index >= 15 is 0 Å². The van der Waals surface area contributed by atoms with Crippen LogP contribution in [0, 0.1) is 11.3 Å². The van der Waals surface area contributed by atoms with Crippen molar-refractivity contribution in [2.45, 2.75) is 18.8 Å². The van der Waals surface area contributed by atoms with Crippen molar-refractivity contribution >= 4 is 0 Å². The lowest BCUT2D eigenvalue weighted by Gasteiger charge is -1.84. The maximum Gasteiger partial charge on any atom is 0.274 e. The maximum absolute atomic E-state index is 8.66. The van der Waals surface area contributed by atoms with Gasteiger partial charge in [0, 0.05) is 12.1 Å². The van der Waals surface area contributed by atoms with E-state index in [0.29, 0.717) is 23.1 Å².